The lowest BCUT2D eigenvalue weighted by Crippen LogP contribution is -2.16. The molecule has 0 aliphatic carbocycles. The molecular formula is C12H13BrN4O2. The molecular weight excluding hydrogens is 312 g/mol. The summed E-state index contributed by atoms with van der Waals surface area (Å²) in [6, 6.07) is 3.87. The van der Waals surface area contributed by atoms with Crippen LogP contribution in [-0.4, -0.2) is 28.2 Å². The molecule has 0 fully saturated rings. The van der Waals surface area contributed by atoms with Crippen molar-refractivity contribution in [3.63, 3.8) is 0 Å². The van der Waals surface area contributed by atoms with Gasteiger partial charge in [-0.3, -0.25) is 0 Å². The van der Waals surface area contributed by atoms with E-state index in [-0.39, 0.29) is 0 Å². The van der Waals surface area contributed by atoms with Gasteiger partial charge in [0.2, 0.25) is 0 Å². The van der Waals surface area contributed by atoms with Crippen molar-refractivity contribution >= 4 is 21.7 Å². The van der Waals surface area contributed by atoms with Gasteiger partial charge in [-0.05, 0) is 24.6 Å². The molecule has 0 spiro atoms. The number of rotatable bonds is 2. The smallest absolute Gasteiger partial charge is 0.168 e. The summed E-state index contributed by atoms with van der Waals surface area (Å²) in [7, 11) is 0. The van der Waals surface area contributed by atoms with E-state index in [0.717, 1.165) is 27.2 Å². The minimum absolute atomic E-state index is 0.452. The van der Waals surface area contributed by atoms with Crippen molar-refractivity contribution in [2.24, 2.45) is 0 Å². The normalized spacial score (nSPS) is 13.6. The Labute approximate surface area is 118 Å². The van der Waals surface area contributed by atoms with Gasteiger partial charge in [-0.1, -0.05) is 21.1 Å². The summed E-state index contributed by atoms with van der Waals surface area (Å²) in [5.74, 6) is 1.97. The maximum atomic E-state index is 5.69. The lowest BCUT2D eigenvalue weighted by atomic mass is 10.2. The van der Waals surface area contributed by atoms with Crippen molar-refractivity contribution in [2.75, 3.05) is 18.9 Å². The Morgan fingerprint density at radius 2 is 2.00 bits per heavy atom. The molecule has 7 heteroatoms. The third kappa shape index (κ3) is 2.25. The summed E-state index contributed by atoms with van der Waals surface area (Å²) >= 11 is 3.54. The average Bonchev–Trinajstić information content (AvgIpc) is 2.71. The number of ether oxygens (including phenoxy) is 2. The van der Waals surface area contributed by atoms with Gasteiger partial charge in [-0.25, -0.2) is 4.68 Å². The Morgan fingerprint density at radius 3 is 2.63 bits per heavy atom. The van der Waals surface area contributed by atoms with Crippen molar-refractivity contribution in [3.8, 4) is 11.5 Å². The second-order valence-electron chi connectivity index (χ2n) is 4.31. The fourth-order valence-corrected chi connectivity index (χ4v) is 2.36. The van der Waals surface area contributed by atoms with E-state index in [1.165, 1.54) is 0 Å². The maximum absolute atomic E-state index is 5.69. The Kier molecular flexibility index (Phi) is 3.06. The summed E-state index contributed by atoms with van der Waals surface area (Å²) in [6.07, 6.45) is 0. The number of nitrogen functional groups attached to an aromatic ring is 1. The number of nitrogens with zero attached hydrogens (tertiary/aromatic N) is 3. The maximum Gasteiger partial charge on any atom is 0.168 e. The van der Waals surface area contributed by atoms with Crippen LogP contribution in [0.5, 0.6) is 11.5 Å². The van der Waals surface area contributed by atoms with E-state index in [2.05, 4.69) is 26.2 Å². The lowest BCUT2D eigenvalue weighted by molar-refractivity contribution is 0.171. The van der Waals surface area contributed by atoms with E-state index >= 15 is 0 Å². The molecule has 1 aromatic carbocycles. The summed E-state index contributed by atoms with van der Waals surface area (Å²) < 4.78 is 13.8. The van der Waals surface area contributed by atoms with Crippen LogP contribution >= 0.6 is 15.9 Å². The summed E-state index contributed by atoms with van der Waals surface area (Å²) in [5.41, 5.74) is 7.58. The molecule has 1 aliphatic rings. The van der Waals surface area contributed by atoms with Gasteiger partial charge < -0.3 is 15.2 Å². The van der Waals surface area contributed by atoms with E-state index in [9.17, 15) is 0 Å². The number of nitrogens with two attached hydrogens (primary N) is 1. The van der Waals surface area contributed by atoms with Crippen LogP contribution in [0.1, 0.15) is 11.3 Å². The number of aromatic nitrogens is 3. The summed E-state index contributed by atoms with van der Waals surface area (Å²) in [5, 5.41) is 7.86. The van der Waals surface area contributed by atoms with Crippen molar-refractivity contribution in [1.82, 2.24) is 15.0 Å². The fraction of sp³-hybridized carbons (Fsp3) is 0.333. The highest BCUT2D eigenvalue weighted by Crippen LogP contribution is 2.35. The van der Waals surface area contributed by atoms with Crippen LogP contribution in [0.2, 0.25) is 0 Å². The molecule has 2 heterocycles. The van der Waals surface area contributed by atoms with Crippen molar-refractivity contribution < 1.29 is 9.47 Å². The summed E-state index contributed by atoms with van der Waals surface area (Å²) in [6.45, 7) is 3.62. The molecule has 0 unspecified atom stereocenters. The van der Waals surface area contributed by atoms with Gasteiger partial charge in [0.25, 0.3) is 0 Å². The number of halogens is 1. The first-order chi connectivity index (χ1) is 9.15. The predicted molar refractivity (Wildman–Crippen MR) is 73.4 cm³/mol. The summed E-state index contributed by atoms with van der Waals surface area (Å²) in [4.78, 5) is 0. The second-order valence-corrected chi connectivity index (χ2v) is 5.16. The van der Waals surface area contributed by atoms with Crippen molar-refractivity contribution in [1.29, 1.82) is 0 Å². The van der Waals surface area contributed by atoms with Crippen LogP contribution in [0.3, 0.4) is 0 Å². The standard InChI is InChI=1S/C12H13BrN4O2/c1-7-12(14)15-16-17(7)6-8-4-10-11(5-9(8)13)19-3-2-18-10/h4-5H,2-3,6,14H2,1H3. The minimum atomic E-state index is 0.452. The van der Waals surface area contributed by atoms with E-state index < -0.39 is 0 Å². The van der Waals surface area contributed by atoms with Crippen molar-refractivity contribution in [3.05, 3.63) is 27.9 Å². The SMILES string of the molecule is Cc1c(N)nnn1Cc1cc2c(cc1Br)OCCO2. The van der Waals surface area contributed by atoms with Crippen LogP contribution in [0.4, 0.5) is 5.82 Å². The van der Waals surface area contributed by atoms with Gasteiger partial charge >= 0.3 is 0 Å². The van der Waals surface area contributed by atoms with E-state index in [1.807, 2.05) is 19.1 Å². The molecule has 0 saturated carbocycles. The molecule has 100 valence electrons. The third-order valence-corrected chi connectivity index (χ3v) is 3.79. The van der Waals surface area contributed by atoms with Gasteiger partial charge in [-0.2, -0.15) is 0 Å². The van der Waals surface area contributed by atoms with Gasteiger partial charge in [0, 0.05) is 4.47 Å². The number of hydrogen-bond donors (Lipinski definition) is 1. The highest BCUT2D eigenvalue weighted by molar-refractivity contribution is 9.10. The number of anilines is 1. The molecule has 19 heavy (non-hydrogen) atoms. The molecule has 1 aliphatic heterocycles. The van der Waals surface area contributed by atoms with Crippen LogP contribution in [0, 0.1) is 6.92 Å². The second kappa shape index (κ2) is 4.73. The third-order valence-electron chi connectivity index (χ3n) is 3.05. The van der Waals surface area contributed by atoms with E-state index in [1.54, 1.807) is 4.68 Å². The molecule has 2 aromatic rings. The topological polar surface area (TPSA) is 75.2 Å². The molecule has 2 N–H and O–H groups in total. The highest BCUT2D eigenvalue weighted by Gasteiger charge is 2.16. The van der Waals surface area contributed by atoms with E-state index in [0.29, 0.717) is 25.6 Å². The van der Waals surface area contributed by atoms with Gasteiger partial charge in [-0.15, -0.1) is 5.10 Å². The van der Waals surface area contributed by atoms with Crippen LogP contribution < -0.4 is 15.2 Å². The van der Waals surface area contributed by atoms with Gasteiger partial charge in [0.05, 0.1) is 12.2 Å². The molecule has 0 amide bonds. The molecule has 6 nitrogen and oxygen atoms in total. The quantitative estimate of drug-likeness (QED) is 0.910. The van der Waals surface area contributed by atoms with Gasteiger partial charge in [0.1, 0.15) is 13.2 Å². The Balaban J connectivity index is 1.94. The molecule has 0 atom stereocenters. The van der Waals surface area contributed by atoms with Gasteiger partial charge in [0.15, 0.2) is 17.3 Å². The van der Waals surface area contributed by atoms with Crippen LogP contribution in [0.15, 0.2) is 16.6 Å². The highest BCUT2D eigenvalue weighted by atomic mass is 79.9. The number of fused-ring (bicyclic) bond motifs is 1. The first-order valence-corrected chi connectivity index (χ1v) is 6.68. The number of benzene rings is 1. The van der Waals surface area contributed by atoms with Crippen LogP contribution in [0.25, 0.3) is 0 Å². The molecule has 0 saturated heterocycles. The Bertz CT molecular complexity index is 626. The Morgan fingerprint density at radius 1 is 1.32 bits per heavy atom. The Hall–Kier alpha value is -1.76. The molecule has 1 aromatic heterocycles. The number of hydrogen-bond acceptors (Lipinski definition) is 5. The van der Waals surface area contributed by atoms with E-state index in [4.69, 9.17) is 15.2 Å². The minimum Gasteiger partial charge on any atom is -0.486 e. The zero-order chi connectivity index (χ0) is 13.4. The first kappa shape index (κ1) is 12.3. The molecule has 3 rings (SSSR count). The molecule has 0 bridgehead atoms. The lowest BCUT2D eigenvalue weighted by Gasteiger charge is -2.20. The largest absolute Gasteiger partial charge is 0.486 e. The molecule has 0 radical (unpaired) electrons. The zero-order valence-corrected chi connectivity index (χ0v) is 12.0. The predicted octanol–water partition coefficient (Wildman–Crippen LogP) is 1.75. The fourth-order valence-electron chi connectivity index (χ4n) is 1.91. The monoisotopic (exact) mass is 324 g/mol. The first-order valence-electron chi connectivity index (χ1n) is 5.88. The average molecular weight is 325 g/mol. The van der Waals surface area contributed by atoms with Crippen LogP contribution in [-0.2, 0) is 6.54 Å². The van der Waals surface area contributed by atoms with Crippen molar-refractivity contribution in [2.45, 2.75) is 13.5 Å². The zero-order valence-electron chi connectivity index (χ0n) is 10.4.